The molecule has 0 spiro atoms. The average molecular weight is 508 g/mol. The van der Waals surface area contributed by atoms with Gasteiger partial charge in [0, 0.05) is 34.0 Å². The van der Waals surface area contributed by atoms with E-state index in [-0.39, 0.29) is 6.09 Å². The third-order valence-electron chi connectivity index (χ3n) is 6.93. The Labute approximate surface area is 197 Å². The van der Waals surface area contributed by atoms with E-state index in [1.54, 1.807) is 0 Å². The molecule has 4 nitrogen and oxygen atoms in total. The van der Waals surface area contributed by atoms with E-state index < -0.39 is 13.8 Å². The van der Waals surface area contributed by atoms with Gasteiger partial charge >= 0.3 is 6.09 Å². The Morgan fingerprint density at radius 1 is 1.06 bits per heavy atom. The predicted octanol–water partition coefficient (Wildman–Crippen LogP) is 7.72. The summed E-state index contributed by atoms with van der Waals surface area (Å²) in [5.74, 6) is 0. The zero-order valence-corrected chi connectivity index (χ0v) is 23.3. The number of carbonyl (C=O) groups excluding carboxylic acids is 1. The molecule has 172 valence electrons. The van der Waals surface area contributed by atoms with Gasteiger partial charge in [0.2, 0.25) is 0 Å². The summed E-state index contributed by atoms with van der Waals surface area (Å²) < 4.78 is 9.59. The van der Waals surface area contributed by atoms with Gasteiger partial charge in [-0.05, 0) is 55.1 Å². The second-order valence-corrected chi connectivity index (χ2v) is 17.5. The van der Waals surface area contributed by atoms with Gasteiger partial charge in [0.25, 0.3) is 0 Å². The number of benzene rings is 1. The molecule has 1 aromatic carbocycles. The number of hydrogen-bond donors (Lipinski definition) is 0. The molecule has 0 saturated carbocycles. The van der Waals surface area contributed by atoms with Crippen molar-refractivity contribution < 1.29 is 9.53 Å². The van der Waals surface area contributed by atoms with Crippen LogP contribution in [0, 0.1) is 0 Å². The molecule has 0 unspecified atom stereocenters. The van der Waals surface area contributed by atoms with Crippen LogP contribution < -0.4 is 0 Å². The third kappa shape index (κ3) is 4.22. The maximum absolute atomic E-state index is 12.8. The first-order valence-electron chi connectivity index (χ1n) is 11.6. The highest BCUT2D eigenvalue weighted by Gasteiger charge is 2.48. The number of rotatable bonds is 4. The van der Waals surface area contributed by atoms with Crippen molar-refractivity contribution in [3.8, 4) is 0 Å². The second-order valence-electron chi connectivity index (χ2n) is 10.9. The van der Waals surface area contributed by atoms with Crippen LogP contribution in [0.4, 0.5) is 4.79 Å². The zero-order valence-electron chi connectivity index (χ0n) is 20.7. The van der Waals surface area contributed by atoms with Crippen molar-refractivity contribution in [2.75, 3.05) is 6.54 Å². The summed E-state index contributed by atoms with van der Waals surface area (Å²) in [6.45, 7) is 21.6. The SMILES string of the molecule is CC(C)[Si](C(C)C)(C(C)C)n1c2c(c3ccc(Br)cc31)CN(C(=O)OC(C)(C)C)CC2. The number of nitrogens with zero attached hydrogens (tertiary/aromatic N) is 2. The molecule has 6 heteroatoms. The summed E-state index contributed by atoms with van der Waals surface area (Å²) in [7, 11) is -1.94. The molecule has 0 saturated heterocycles. The smallest absolute Gasteiger partial charge is 0.410 e. The molecule has 0 aliphatic carbocycles. The topological polar surface area (TPSA) is 34.5 Å². The molecule has 31 heavy (non-hydrogen) atoms. The first kappa shape index (κ1) is 24.4. The van der Waals surface area contributed by atoms with Gasteiger partial charge in [-0.3, -0.25) is 0 Å². The summed E-state index contributed by atoms with van der Waals surface area (Å²) in [6, 6.07) is 6.65. The van der Waals surface area contributed by atoms with Crippen molar-refractivity contribution in [3.63, 3.8) is 0 Å². The lowest BCUT2D eigenvalue weighted by Crippen LogP contribution is -2.53. The van der Waals surface area contributed by atoms with Crippen molar-refractivity contribution >= 4 is 41.2 Å². The predicted molar refractivity (Wildman–Crippen MR) is 136 cm³/mol. The number of halogens is 1. The fraction of sp³-hybridized carbons (Fsp3) is 0.640. The van der Waals surface area contributed by atoms with Gasteiger partial charge in [-0.25, -0.2) is 4.79 Å². The Bertz CT molecular complexity index is 950. The van der Waals surface area contributed by atoms with E-state index in [9.17, 15) is 4.79 Å². The van der Waals surface area contributed by atoms with Crippen LogP contribution in [0.2, 0.25) is 16.6 Å². The normalized spacial score (nSPS) is 15.3. The van der Waals surface area contributed by atoms with Gasteiger partial charge in [-0.1, -0.05) is 63.5 Å². The van der Waals surface area contributed by atoms with Crippen molar-refractivity contribution in [3.05, 3.63) is 33.9 Å². The first-order valence-corrected chi connectivity index (χ1v) is 14.6. The Hall–Kier alpha value is -1.27. The van der Waals surface area contributed by atoms with Gasteiger partial charge < -0.3 is 13.9 Å². The van der Waals surface area contributed by atoms with E-state index in [1.807, 2.05) is 25.7 Å². The Balaban J connectivity index is 2.23. The number of aromatic nitrogens is 1. The minimum atomic E-state index is -1.94. The molecule has 1 amide bonds. The lowest BCUT2D eigenvalue weighted by atomic mass is 10.1. The van der Waals surface area contributed by atoms with Gasteiger partial charge in [0.1, 0.15) is 5.60 Å². The van der Waals surface area contributed by atoms with Gasteiger partial charge in [-0.2, -0.15) is 0 Å². The van der Waals surface area contributed by atoms with Crippen LogP contribution in [-0.4, -0.2) is 35.6 Å². The minimum absolute atomic E-state index is 0.212. The zero-order chi connectivity index (χ0) is 23.3. The van der Waals surface area contributed by atoms with E-state index >= 15 is 0 Å². The van der Waals surface area contributed by atoms with Crippen LogP contribution >= 0.6 is 15.9 Å². The molecule has 0 N–H and O–H groups in total. The molecule has 1 aliphatic rings. The molecule has 0 atom stereocenters. The van der Waals surface area contributed by atoms with Crippen LogP contribution in [0.3, 0.4) is 0 Å². The van der Waals surface area contributed by atoms with Crippen molar-refractivity contribution in [1.82, 2.24) is 9.13 Å². The number of ether oxygens (including phenoxy) is 1. The van der Waals surface area contributed by atoms with E-state index in [0.717, 1.165) is 10.9 Å². The van der Waals surface area contributed by atoms with E-state index in [0.29, 0.717) is 29.7 Å². The molecule has 0 bridgehead atoms. The van der Waals surface area contributed by atoms with Crippen LogP contribution in [0.15, 0.2) is 22.7 Å². The molecule has 3 rings (SSSR count). The molecule has 1 aliphatic heterocycles. The van der Waals surface area contributed by atoms with Gasteiger partial charge in [-0.15, -0.1) is 0 Å². The Morgan fingerprint density at radius 3 is 2.16 bits per heavy atom. The number of carbonyl (C=O) groups is 1. The molecule has 2 aromatic rings. The maximum Gasteiger partial charge on any atom is 0.410 e. The summed E-state index contributed by atoms with van der Waals surface area (Å²) >= 11 is 3.72. The monoisotopic (exact) mass is 506 g/mol. The Morgan fingerprint density at radius 2 is 1.65 bits per heavy atom. The highest BCUT2D eigenvalue weighted by Crippen LogP contribution is 2.47. The van der Waals surface area contributed by atoms with E-state index in [2.05, 4.69) is 79.9 Å². The third-order valence-corrected chi connectivity index (χ3v) is 14.3. The van der Waals surface area contributed by atoms with Crippen LogP contribution in [0.25, 0.3) is 10.9 Å². The van der Waals surface area contributed by atoms with E-state index in [1.165, 1.54) is 22.2 Å². The highest BCUT2D eigenvalue weighted by molar-refractivity contribution is 9.10. The standard InChI is InChI=1S/C25H39BrN2O2Si/c1-16(2)31(17(3)4,18(5)6)28-22-12-13-27(24(29)30-25(7,8)9)15-21(22)20-11-10-19(26)14-23(20)28/h10-11,14,16-18H,12-13,15H2,1-9H3. The van der Waals surface area contributed by atoms with Crippen LogP contribution in [0.1, 0.15) is 73.6 Å². The van der Waals surface area contributed by atoms with Crippen molar-refractivity contribution in [2.45, 2.75) is 97.5 Å². The molecule has 1 aromatic heterocycles. The molecular formula is C25H39BrN2O2Si. The summed E-state index contributed by atoms with van der Waals surface area (Å²) in [5.41, 5.74) is 5.41. The summed E-state index contributed by atoms with van der Waals surface area (Å²) in [5, 5.41) is 1.28. The van der Waals surface area contributed by atoms with Gasteiger partial charge in [0.05, 0.1) is 6.54 Å². The minimum Gasteiger partial charge on any atom is -0.444 e. The molecule has 0 radical (unpaired) electrons. The van der Waals surface area contributed by atoms with Gasteiger partial charge in [0.15, 0.2) is 8.24 Å². The van der Waals surface area contributed by atoms with Crippen LogP contribution in [-0.2, 0) is 17.7 Å². The lowest BCUT2D eigenvalue weighted by Gasteiger charge is -2.46. The highest BCUT2D eigenvalue weighted by atomic mass is 79.9. The van der Waals surface area contributed by atoms with Crippen molar-refractivity contribution in [2.24, 2.45) is 0 Å². The number of hydrogen-bond acceptors (Lipinski definition) is 2. The number of amides is 1. The van der Waals surface area contributed by atoms with Crippen molar-refractivity contribution in [1.29, 1.82) is 0 Å². The Kier molecular flexibility index (Phi) is 6.75. The van der Waals surface area contributed by atoms with Crippen LogP contribution in [0.5, 0.6) is 0 Å². The summed E-state index contributed by atoms with van der Waals surface area (Å²) in [4.78, 5) is 14.7. The first-order chi connectivity index (χ1) is 14.3. The molecule has 0 fully saturated rings. The van der Waals surface area contributed by atoms with E-state index in [4.69, 9.17) is 4.74 Å². The summed E-state index contributed by atoms with van der Waals surface area (Å²) in [6.07, 6.45) is 0.665. The molecular weight excluding hydrogens is 468 g/mol. The second kappa shape index (κ2) is 8.58. The fourth-order valence-corrected chi connectivity index (χ4v) is 13.2. The molecule has 2 heterocycles. The number of fused-ring (bicyclic) bond motifs is 3. The average Bonchev–Trinajstić information content (AvgIpc) is 2.93. The fourth-order valence-electron chi connectivity index (χ4n) is 6.03. The largest absolute Gasteiger partial charge is 0.444 e. The maximum atomic E-state index is 12.8. The lowest BCUT2D eigenvalue weighted by molar-refractivity contribution is 0.0224. The quantitative estimate of drug-likeness (QED) is 0.397.